The number of nitrogens with two attached hydrogens (primary N) is 2. The van der Waals surface area contributed by atoms with Crippen molar-refractivity contribution in [3.8, 4) is 0 Å². The molecule has 0 saturated heterocycles. The molecule has 1 aromatic carbocycles. The van der Waals surface area contributed by atoms with Crippen LogP contribution >= 0.6 is 12.4 Å². The van der Waals surface area contributed by atoms with Crippen LogP contribution in [0.2, 0.25) is 0 Å². The summed E-state index contributed by atoms with van der Waals surface area (Å²) in [6.07, 6.45) is 5.38. The second-order valence-electron chi connectivity index (χ2n) is 4.29. The number of nitrogen functional groups attached to an aromatic ring is 1. The number of allylic oxidation sites excluding steroid dienone is 2. The van der Waals surface area contributed by atoms with Crippen molar-refractivity contribution in [2.24, 2.45) is 5.73 Å². The Morgan fingerprint density at radius 3 is 2.32 bits per heavy atom. The highest BCUT2D eigenvalue weighted by Gasteiger charge is 2.34. The highest BCUT2D eigenvalue weighted by molar-refractivity contribution is 5.85. The van der Waals surface area contributed by atoms with Gasteiger partial charge in [0.2, 0.25) is 0 Å². The number of hydrogen-bond acceptors (Lipinski definition) is 4. The smallest absolute Gasteiger partial charge is 0.165 e. The van der Waals surface area contributed by atoms with Crippen molar-refractivity contribution in [3.63, 3.8) is 0 Å². The molecule has 19 heavy (non-hydrogen) atoms. The third-order valence-corrected chi connectivity index (χ3v) is 3.15. The fourth-order valence-corrected chi connectivity index (χ4v) is 1.97. The molecule has 0 amide bonds. The summed E-state index contributed by atoms with van der Waals surface area (Å²) >= 11 is 0. The van der Waals surface area contributed by atoms with E-state index in [1.165, 1.54) is 0 Å². The maximum atomic E-state index is 6.08. The molecule has 2 rings (SSSR count). The molecule has 1 aliphatic rings. The van der Waals surface area contributed by atoms with Crippen LogP contribution in [0.15, 0.2) is 42.5 Å². The van der Waals surface area contributed by atoms with Crippen LogP contribution < -0.4 is 11.5 Å². The summed E-state index contributed by atoms with van der Waals surface area (Å²) in [7, 11) is 3.18. The fourth-order valence-electron chi connectivity index (χ4n) is 1.97. The molecule has 104 valence electrons. The Labute approximate surface area is 119 Å². The number of benzene rings is 1. The molecule has 1 aromatic rings. The normalized spacial score (nSPS) is 25.6. The second-order valence-corrected chi connectivity index (χ2v) is 4.29. The largest absolute Gasteiger partial charge is 0.399 e. The minimum atomic E-state index is -0.911. The third-order valence-electron chi connectivity index (χ3n) is 3.15. The van der Waals surface area contributed by atoms with Crippen LogP contribution in [-0.4, -0.2) is 26.0 Å². The van der Waals surface area contributed by atoms with Gasteiger partial charge in [0.15, 0.2) is 5.72 Å². The Morgan fingerprint density at radius 1 is 1.16 bits per heavy atom. The van der Waals surface area contributed by atoms with Gasteiger partial charge in [-0.1, -0.05) is 18.2 Å². The van der Waals surface area contributed by atoms with E-state index in [2.05, 4.69) is 0 Å². The summed E-state index contributed by atoms with van der Waals surface area (Å²) in [5.41, 5.74) is 13.7. The minimum Gasteiger partial charge on any atom is -0.399 e. The van der Waals surface area contributed by atoms with Crippen molar-refractivity contribution < 1.29 is 9.47 Å². The molecule has 2 atom stereocenters. The Bertz CT molecular complexity index is 485. The van der Waals surface area contributed by atoms with Gasteiger partial charge in [0.1, 0.15) is 6.10 Å². The van der Waals surface area contributed by atoms with E-state index in [1.807, 2.05) is 42.5 Å². The first-order valence-corrected chi connectivity index (χ1v) is 5.73. The molecule has 0 spiro atoms. The third kappa shape index (κ3) is 3.16. The van der Waals surface area contributed by atoms with Crippen molar-refractivity contribution in [2.75, 3.05) is 20.0 Å². The summed E-state index contributed by atoms with van der Waals surface area (Å²) < 4.78 is 10.7. The summed E-state index contributed by atoms with van der Waals surface area (Å²) in [5.74, 6) is 0. The van der Waals surface area contributed by atoms with E-state index in [4.69, 9.17) is 20.9 Å². The molecule has 0 fully saturated rings. The van der Waals surface area contributed by atoms with Gasteiger partial charge in [-0.15, -0.1) is 12.4 Å². The lowest BCUT2D eigenvalue weighted by molar-refractivity contribution is -0.0619. The van der Waals surface area contributed by atoms with Crippen molar-refractivity contribution in [1.82, 2.24) is 0 Å². The zero-order valence-electron chi connectivity index (χ0n) is 11.0. The van der Waals surface area contributed by atoms with Crippen molar-refractivity contribution >= 4 is 23.7 Å². The first kappa shape index (κ1) is 15.7. The van der Waals surface area contributed by atoms with E-state index in [9.17, 15) is 0 Å². The van der Waals surface area contributed by atoms with Gasteiger partial charge >= 0.3 is 0 Å². The van der Waals surface area contributed by atoms with Crippen LogP contribution in [0.1, 0.15) is 5.56 Å². The summed E-state index contributed by atoms with van der Waals surface area (Å²) in [6, 6.07) is 7.67. The van der Waals surface area contributed by atoms with Crippen molar-refractivity contribution in [1.29, 1.82) is 0 Å². The average Bonchev–Trinajstić information content (AvgIpc) is 2.40. The standard InChI is InChI=1S/C14H18N2O2.ClH/c1-17-13-9-11(7-8-14(13,16)18-2)10-3-5-12(15)6-4-10;/h3-9,13H,15-16H2,1-2H3;1H. The van der Waals surface area contributed by atoms with Gasteiger partial charge in [-0.2, -0.15) is 0 Å². The van der Waals surface area contributed by atoms with E-state index >= 15 is 0 Å². The lowest BCUT2D eigenvalue weighted by Crippen LogP contribution is -2.51. The molecule has 0 heterocycles. The highest BCUT2D eigenvalue weighted by Crippen LogP contribution is 2.28. The van der Waals surface area contributed by atoms with Gasteiger partial charge in [-0.3, -0.25) is 5.73 Å². The lowest BCUT2D eigenvalue weighted by Gasteiger charge is -2.33. The lowest BCUT2D eigenvalue weighted by atomic mass is 9.93. The zero-order valence-corrected chi connectivity index (χ0v) is 11.8. The van der Waals surface area contributed by atoms with Gasteiger partial charge in [-0.25, -0.2) is 0 Å². The first-order chi connectivity index (χ1) is 8.59. The van der Waals surface area contributed by atoms with Crippen LogP contribution in [0.3, 0.4) is 0 Å². The number of halogens is 1. The monoisotopic (exact) mass is 282 g/mol. The molecule has 5 heteroatoms. The molecule has 0 radical (unpaired) electrons. The maximum absolute atomic E-state index is 6.08. The molecule has 4 N–H and O–H groups in total. The number of anilines is 1. The predicted octanol–water partition coefficient (Wildman–Crippen LogP) is 1.96. The SMILES string of the molecule is COC1C=C(c2ccc(N)cc2)C=CC1(N)OC.Cl. The van der Waals surface area contributed by atoms with Gasteiger partial charge in [0.25, 0.3) is 0 Å². The van der Waals surface area contributed by atoms with Gasteiger partial charge in [0, 0.05) is 19.9 Å². The number of rotatable bonds is 3. The molecular formula is C14H19ClN2O2. The number of ether oxygens (including phenoxy) is 2. The number of hydrogen-bond donors (Lipinski definition) is 2. The van der Waals surface area contributed by atoms with E-state index < -0.39 is 5.72 Å². The molecule has 2 unspecified atom stereocenters. The quantitative estimate of drug-likeness (QED) is 0.657. The van der Waals surface area contributed by atoms with Crippen LogP contribution in [0.5, 0.6) is 0 Å². The fraction of sp³-hybridized carbons (Fsp3) is 0.286. The first-order valence-electron chi connectivity index (χ1n) is 5.73. The van der Waals surface area contributed by atoms with Crippen LogP contribution in [0, 0.1) is 0 Å². The van der Waals surface area contributed by atoms with Crippen molar-refractivity contribution in [2.45, 2.75) is 11.8 Å². The summed E-state index contributed by atoms with van der Waals surface area (Å²) in [4.78, 5) is 0. The zero-order chi connectivity index (χ0) is 13.2. The van der Waals surface area contributed by atoms with Gasteiger partial charge < -0.3 is 15.2 Å². The molecule has 4 nitrogen and oxygen atoms in total. The van der Waals surface area contributed by atoms with Crippen LogP contribution in [0.25, 0.3) is 5.57 Å². The van der Waals surface area contributed by atoms with Gasteiger partial charge in [-0.05, 0) is 35.4 Å². The molecule has 0 aliphatic heterocycles. The van der Waals surface area contributed by atoms with Crippen LogP contribution in [-0.2, 0) is 9.47 Å². The Balaban J connectivity index is 0.00000180. The summed E-state index contributed by atoms with van der Waals surface area (Å²) in [5, 5.41) is 0. The summed E-state index contributed by atoms with van der Waals surface area (Å²) in [6.45, 7) is 0. The topological polar surface area (TPSA) is 70.5 Å². The minimum absolute atomic E-state index is 0. The van der Waals surface area contributed by atoms with Gasteiger partial charge in [0.05, 0.1) is 0 Å². The average molecular weight is 283 g/mol. The van der Waals surface area contributed by atoms with E-state index in [1.54, 1.807) is 14.2 Å². The molecule has 0 bridgehead atoms. The molecule has 0 aromatic heterocycles. The second kappa shape index (κ2) is 6.21. The Morgan fingerprint density at radius 2 is 1.79 bits per heavy atom. The Hall–Kier alpha value is -1.33. The Kier molecular flexibility index (Phi) is 5.14. The van der Waals surface area contributed by atoms with E-state index in [-0.39, 0.29) is 18.5 Å². The van der Waals surface area contributed by atoms with Crippen molar-refractivity contribution in [3.05, 3.63) is 48.1 Å². The van der Waals surface area contributed by atoms with E-state index in [0.29, 0.717) is 0 Å². The highest BCUT2D eigenvalue weighted by atomic mass is 35.5. The van der Waals surface area contributed by atoms with E-state index in [0.717, 1.165) is 16.8 Å². The predicted molar refractivity (Wildman–Crippen MR) is 79.9 cm³/mol. The molecule has 1 aliphatic carbocycles. The number of methoxy groups -OCH3 is 2. The maximum Gasteiger partial charge on any atom is 0.165 e. The molecule has 0 saturated carbocycles. The van der Waals surface area contributed by atoms with Crippen LogP contribution in [0.4, 0.5) is 5.69 Å². The molecular weight excluding hydrogens is 264 g/mol.